The van der Waals surface area contributed by atoms with Crippen molar-refractivity contribution < 1.29 is 4.74 Å². The monoisotopic (exact) mass is 283 g/mol. The minimum absolute atomic E-state index is 0.843. The third-order valence-electron chi connectivity index (χ3n) is 3.52. The van der Waals surface area contributed by atoms with E-state index in [9.17, 15) is 0 Å². The Morgan fingerprint density at radius 2 is 1.62 bits per heavy atom. The molecule has 0 unspecified atom stereocenters. The maximum absolute atomic E-state index is 6.17. The molecule has 2 heteroatoms. The van der Waals surface area contributed by atoms with Crippen molar-refractivity contribution >= 4 is 0 Å². The van der Waals surface area contributed by atoms with Crippen LogP contribution in [0.25, 0.3) is 0 Å². The molecule has 0 bridgehead atoms. The summed E-state index contributed by atoms with van der Waals surface area (Å²) in [4.78, 5) is 0. The van der Waals surface area contributed by atoms with E-state index in [-0.39, 0.29) is 0 Å². The molecule has 112 valence electrons. The lowest BCUT2D eigenvalue weighted by Crippen LogP contribution is -2.14. The van der Waals surface area contributed by atoms with Gasteiger partial charge in [-0.25, -0.2) is 0 Å². The lowest BCUT2D eigenvalue weighted by atomic mass is 10.1. The van der Waals surface area contributed by atoms with Crippen molar-refractivity contribution in [3.63, 3.8) is 0 Å². The van der Waals surface area contributed by atoms with Gasteiger partial charge in [-0.05, 0) is 57.0 Å². The molecule has 2 aromatic carbocycles. The predicted molar refractivity (Wildman–Crippen MR) is 89.2 cm³/mol. The van der Waals surface area contributed by atoms with Crippen LogP contribution in [-0.2, 0) is 6.54 Å². The molecular weight excluding hydrogens is 258 g/mol. The molecule has 0 aliphatic heterocycles. The molecule has 0 aliphatic carbocycles. The first-order valence-corrected chi connectivity index (χ1v) is 7.65. The summed E-state index contributed by atoms with van der Waals surface area (Å²) in [7, 11) is 0. The molecule has 0 radical (unpaired) electrons. The summed E-state index contributed by atoms with van der Waals surface area (Å²) >= 11 is 0. The van der Waals surface area contributed by atoms with Gasteiger partial charge in [0.2, 0.25) is 0 Å². The van der Waals surface area contributed by atoms with E-state index in [1.54, 1.807) is 0 Å². The van der Waals surface area contributed by atoms with Gasteiger partial charge in [-0.15, -0.1) is 0 Å². The molecule has 0 saturated carbocycles. The van der Waals surface area contributed by atoms with E-state index < -0.39 is 0 Å². The second kappa shape index (κ2) is 7.28. The quantitative estimate of drug-likeness (QED) is 0.761. The lowest BCUT2D eigenvalue weighted by molar-refractivity contribution is 0.468. The zero-order valence-corrected chi connectivity index (χ0v) is 13.5. The van der Waals surface area contributed by atoms with Gasteiger partial charge in [0.15, 0.2) is 0 Å². The van der Waals surface area contributed by atoms with Crippen LogP contribution in [0.5, 0.6) is 11.5 Å². The van der Waals surface area contributed by atoms with Crippen LogP contribution in [0, 0.1) is 20.8 Å². The van der Waals surface area contributed by atoms with E-state index >= 15 is 0 Å². The topological polar surface area (TPSA) is 21.3 Å². The molecule has 2 nitrogen and oxygen atoms in total. The second-order valence-corrected chi connectivity index (χ2v) is 5.66. The van der Waals surface area contributed by atoms with E-state index in [0.717, 1.165) is 36.6 Å². The van der Waals surface area contributed by atoms with E-state index in [0.29, 0.717) is 0 Å². The Morgan fingerprint density at radius 3 is 2.38 bits per heavy atom. The maximum Gasteiger partial charge on any atom is 0.131 e. The first-order valence-electron chi connectivity index (χ1n) is 7.65. The Hall–Kier alpha value is -1.80. The van der Waals surface area contributed by atoms with Gasteiger partial charge in [0.05, 0.1) is 0 Å². The molecule has 0 aliphatic rings. The number of ether oxygens (including phenoxy) is 1. The third-order valence-corrected chi connectivity index (χ3v) is 3.52. The molecule has 0 amide bonds. The highest BCUT2D eigenvalue weighted by Crippen LogP contribution is 2.29. The Kier molecular flexibility index (Phi) is 5.40. The standard InChI is InChI=1S/C19H25NO/c1-5-10-20-13-17-11-14(2)7-9-18(17)21-19-12-15(3)6-8-16(19)4/h6-9,11-12,20H,5,10,13H2,1-4H3. The Morgan fingerprint density at radius 1 is 0.905 bits per heavy atom. The van der Waals surface area contributed by atoms with Crippen LogP contribution in [0.3, 0.4) is 0 Å². The fraction of sp³-hybridized carbons (Fsp3) is 0.368. The van der Waals surface area contributed by atoms with Crippen LogP contribution in [0.1, 0.15) is 35.6 Å². The van der Waals surface area contributed by atoms with Crippen molar-refractivity contribution in [3.05, 3.63) is 58.7 Å². The molecule has 1 N–H and O–H groups in total. The van der Waals surface area contributed by atoms with Gasteiger partial charge in [0.25, 0.3) is 0 Å². The van der Waals surface area contributed by atoms with Crippen molar-refractivity contribution in [1.82, 2.24) is 5.32 Å². The first-order chi connectivity index (χ1) is 10.1. The number of aryl methyl sites for hydroxylation is 3. The van der Waals surface area contributed by atoms with E-state index in [2.05, 4.69) is 69.4 Å². The fourth-order valence-electron chi connectivity index (χ4n) is 2.28. The van der Waals surface area contributed by atoms with E-state index in [4.69, 9.17) is 4.74 Å². The van der Waals surface area contributed by atoms with Gasteiger partial charge in [0.1, 0.15) is 11.5 Å². The number of rotatable bonds is 6. The molecule has 2 aromatic rings. The molecule has 21 heavy (non-hydrogen) atoms. The van der Waals surface area contributed by atoms with E-state index in [1.165, 1.54) is 16.7 Å². The first kappa shape index (κ1) is 15.6. The normalized spacial score (nSPS) is 10.7. The van der Waals surface area contributed by atoms with Gasteiger partial charge < -0.3 is 10.1 Å². The van der Waals surface area contributed by atoms with Crippen molar-refractivity contribution in [1.29, 1.82) is 0 Å². The third kappa shape index (κ3) is 4.33. The van der Waals surface area contributed by atoms with Crippen molar-refractivity contribution in [2.45, 2.75) is 40.7 Å². The predicted octanol–water partition coefficient (Wildman–Crippen LogP) is 4.90. The molecular formula is C19H25NO. The van der Waals surface area contributed by atoms with Gasteiger partial charge in [0, 0.05) is 12.1 Å². The van der Waals surface area contributed by atoms with Gasteiger partial charge >= 0.3 is 0 Å². The van der Waals surface area contributed by atoms with Crippen LogP contribution in [0.2, 0.25) is 0 Å². The van der Waals surface area contributed by atoms with Crippen LogP contribution in [-0.4, -0.2) is 6.54 Å². The summed E-state index contributed by atoms with van der Waals surface area (Å²) in [5.41, 5.74) is 4.85. The largest absolute Gasteiger partial charge is 0.457 e. The Labute approximate surface area is 128 Å². The molecule has 2 rings (SSSR count). The number of hydrogen-bond acceptors (Lipinski definition) is 2. The van der Waals surface area contributed by atoms with Crippen LogP contribution >= 0.6 is 0 Å². The molecule has 0 fully saturated rings. The summed E-state index contributed by atoms with van der Waals surface area (Å²) in [6.07, 6.45) is 1.14. The molecule has 0 saturated heterocycles. The van der Waals surface area contributed by atoms with Crippen LogP contribution in [0.15, 0.2) is 36.4 Å². The number of hydrogen-bond donors (Lipinski definition) is 1. The van der Waals surface area contributed by atoms with Gasteiger partial charge in [-0.3, -0.25) is 0 Å². The Balaban J connectivity index is 2.24. The zero-order valence-electron chi connectivity index (χ0n) is 13.5. The zero-order chi connectivity index (χ0) is 15.2. The summed E-state index contributed by atoms with van der Waals surface area (Å²) in [5.74, 6) is 1.88. The summed E-state index contributed by atoms with van der Waals surface area (Å²) in [6, 6.07) is 12.7. The van der Waals surface area contributed by atoms with Crippen LogP contribution in [0.4, 0.5) is 0 Å². The minimum atomic E-state index is 0.843. The summed E-state index contributed by atoms with van der Waals surface area (Å²) in [5, 5.41) is 3.45. The average Bonchev–Trinajstić information content (AvgIpc) is 2.46. The molecule has 0 atom stereocenters. The number of benzene rings is 2. The van der Waals surface area contributed by atoms with Gasteiger partial charge in [-0.1, -0.05) is 36.8 Å². The van der Waals surface area contributed by atoms with Crippen molar-refractivity contribution in [3.8, 4) is 11.5 Å². The highest BCUT2D eigenvalue weighted by Gasteiger charge is 2.07. The highest BCUT2D eigenvalue weighted by molar-refractivity contribution is 5.43. The maximum atomic E-state index is 6.17. The van der Waals surface area contributed by atoms with Gasteiger partial charge in [-0.2, -0.15) is 0 Å². The lowest BCUT2D eigenvalue weighted by Gasteiger charge is -2.14. The number of nitrogens with one attached hydrogen (secondary N) is 1. The minimum Gasteiger partial charge on any atom is -0.457 e. The summed E-state index contributed by atoms with van der Waals surface area (Å²) in [6.45, 7) is 10.3. The summed E-state index contributed by atoms with van der Waals surface area (Å²) < 4.78 is 6.17. The smallest absolute Gasteiger partial charge is 0.131 e. The van der Waals surface area contributed by atoms with Crippen molar-refractivity contribution in [2.24, 2.45) is 0 Å². The van der Waals surface area contributed by atoms with Crippen LogP contribution < -0.4 is 10.1 Å². The molecule has 0 aromatic heterocycles. The second-order valence-electron chi connectivity index (χ2n) is 5.66. The SMILES string of the molecule is CCCNCc1cc(C)ccc1Oc1cc(C)ccc1C. The van der Waals surface area contributed by atoms with E-state index in [1.807, 2.05) is 0 Å². The fourth-order valence-corrected chi connectivity index (χ4v) is 2.28. The average molecular weight is 283 g/mol. The molecule has 0 heterocycles. The molecule has 0 spiro atoms. The Bertz CT molecular complexity index is 605. The van der Waals surface area contributed by atoms with Crippen molar-refractivity contribution in [2.75, 3.05) is 6.54 Å². The highest BCUT2D eigenvalue weighted by atomic mass is 16.5.